The predicted molar refractivity (Wildman–Crippen MR) is 98.9 cm³/mol. The number of ether oxygens (including phenoxy) is 1. The third-order valence-corrected chi connectivity index (χ3v) is 6.95. The predicted octanol–water partition coefficient (Wildman–Crippen LogP) is 1.21. The SMILES string of the molecule is COc1ccc(C(=O)NCC2CNC2)cc1S(=O)(=O)N1CCCCCC1. The van der Waals surface area contributed by atoms with E-state index in [0.717, 1.165) is 38.8 Å². The molecular weight excluding hydrogens is 354 g/mol. The summed E-state index contributed by atoms with van der Waals surface area (Å²) in [6.07, 6.45) is 3.80. The summed E-state index contributed by atoms with van der Waals surface area (Å²) in [5.74, 6) is 0.457. The molecule has 8 heteroatoms. The lowest BCUT2D eigenvalue weighted by Gasteiger charge is -2.27. The maximum atomic E-state index is 13.1. The molecule has 0 atom stereocenters. The monoisotopic (exact) mass is 381 g/mol. The number of nitrogens with zero attached hydrogens (tertiary/aromatic N) is 1. The molecule has 0 aromatic heterocycles. The van der Waals surface area contributed by atoms with Crippen molar-refractivity contribution in [3.63, 3.8) is 0 Å². The maximum absolute atomic E-state index is 13.1. The average Bonchev–Trinajstić information content (AvgIpc) is 2.89. The fraction of sp³-hybridized carbons (Fsp3) is 0.611. The molecule has 1 aromatic rings. The molecule has 2 aliphatic rings. The van der Waals surface area contributed by atoms with Crippen molar-refractivity contribution in [1.29, 1.82) is 0 Å². The largest absolute Gasteiger partial charge is 0.495 e. The topological polar surface area (TPSA) is 87.7 Å². The van der Waals surface area contributed by atoms with Gasteiger partial charge in [-0.05, 0) is 31.0 Å². The molecule has 0 radical (unpaired) electrons. The van der Waals surface area contributed by atoms with Crippen LogP contribution in [0.15, 0.2) is 23.1 Å². The maximum Gasteiger partial charge on any atom is 0.251 e. The molecule has 2 heterocycles. The molecule has 3 rings (SSSR count). The summed E-state index contributed by atoms with van der Waals surface area (Å²) < 4.78 is 33.0. The van der Waals surface area contributed by atoms with Crippen molar-refractivity contribution in [2.75, 3.05) is 39.8 Å². The van der Waals surface area contributed by atoms with Crippen molar-refractivity contribution in [2.45, 2.75) is 30.6 Å². The summed E-state index contributed by atoms with van der Waals surface area (Å²) in [6.45, 7) is 3.41. The second-order valence-corrected chi connectivity index (χ2v) is 8.82. The van der Waals surface area contributed by atoms with E-state index in [0.29, 0.717) is 31.1 Å². The van der Waals surface area contributed by atoms with Crippen LogP contribution in [-0.2, 0) is 10.0 Å². The van der Waals surface area contributed by atoms with E-state index in [-0.39, 0.29) is 16.6 Å². The minimum absolute atomic E-state index is 0.0693. The minimum atomic E-state index is -3.69. The van der Waals surface area contributed by atoms with Gasteiger partial charge in [-0.1, -0.05) is 12.8 Å². The highest BCUT2D eigenvalue weighted by molar-refractivity contribution is 7.89. The Kier molecular flexibility index (Phi) is 6.16. The van der Waals surface area contributed by atoms with Gasteiger partial charge < -0.3 is 15.4 Å². The van der Waals surface area contributed by atoms with Gasteiger partial charge in [-0.25, -0.2) is 8.42 Å². The van der Waals surface area contributed by atoms with Crippen molar-refractivity contribution in [1.82, 2.24) is 14.9 Å². The van der Waals surface area contributed by atoms with E-state index in [9.17, 15) is 13.2 Å². The van der Waals surface area contributed by atoms with Crippen molar-refractivity contribution < 1.29 is 17.9 Å². The highest BCUT2D eigenvalue weighted by Crippen LogP contribution is 2.29. The molecule has 0 spiro atoms. The number of nitrogens with one attached hydrogen (secondary N) is 2. The Labute approximate surface area is 155 Å². The third kappa shape index (κ3) is 4.19. The van der Waals surface area contributed by atoms with Crippen molar-refractivity contribution in [2.24, 2.45) is 5.92 Å². The Balaban J connectivity index is 1.83. The standard InChI is InChI=1S/C18H27N3O4S/c1-25-16-7-6-15(18(22)20-13-14-11-19-12-14)10-17(16)26(23,24)21-8-4-2-3-5-9-21/h6-7,10,14,19H,2-5,8-9,11-13H2,1H3,(H,20,22). The van der Waals surface area contributed by atoms with Crippen LogP contribution in [0.4, 0.5) is 0 Å². The van der Waals surface area contributed by atoms with Crippen molar-refractivity contribution >= 4 is 15.9 Å². The van der Waals surface area contributed by atoms with Crippen LogP contribution in [0.2, 0.25) is 0 Å². The van der Waals surface area contributed by atoms with Crippen LogP contribution < -0.4 is 15.4 Å². The number of rotatable bonds is 6. The first-order valence-electron chi connectivity index (χ1n) is 9.19. The molecule has 0 unspecified atom stereocenters. The van der Waals surface area contributed by atoms with Crippen molar-refractivity contribution in [3.05, 3.63) is 23.8 Å². The molecule has 2 aliphatic heterocycles. The van der Waals surface area contributed by atoms with Crippen LogP contribution in [0.5, 0.6) is 5.75 Å². The van der Waals surface area contributed by atoms with Gasteiger partial charge >= 0.3 is 0 Å². The molecule has 0 saturated carbocycles. The molecule has 2 N–H and O–H groups in total. The number of carbonyl (C=O) groups is 1. The fourth-order valence-electron chi connectivity index (χ4n) is 3.27. The summed E-state index contributed by atoms with van der Waals surface area (Å²) >= 11 is 0. The number of amides is 1. The van der Waals surface area contributed by atoms with Gasteiger partial charge in [0.05, 0.1) is 7.11 Å². The fourth-order valence-corrected chi connectivity index (χ4v) is 4.97. The Bertz CT molecular complexity index is 739. The summed E-state index contributed by atoms with van der Waals surface area (Å²) in [5.41, 5.74) is 0.339. The van der Waals surface area contributed by atoms with Crippen LogP contribution in [0.25, 0.3) is 0 Å². The van der Waals surface area contributed by atoms with E-state index in [1.807, 2.05) is 0 Å². The van der Waals surface area contributed by atoms with E-state index in [2.05, 4.69) is 10.6 Å². The van der Waals surface area contributed by atoms with Gasteiger partial charge in [0, 0.05) is 44.2 Å². The second-order valence-electron chi connectivity index (χ2n) is 6.92. The number of benzene rings is 1. The zero-order valence-corrected chi connectivity index (χ0v) is 16.0. The molecule has 7 nitrogen and oxygen atoms in total. The van der Waals surface area contributed by atoms with Gasteiger partial charge in [-0.3, -0.25) is 4.79 Å². The molecule has 1 aromatic carbocycles. The molecule has 0 bridgehead atoms. The molecule has 1 amide bonds. The first kappa shape index (κ1) is 19.1. The Morgan fingerprint density at radius 3 is 2.50 bits per heavy atom. The third-order valence-electron chi connectivity index (χ3n) is 5.03. The lowest BCUT2D eigenvalue weighted by Crippen LogP contribution is -2.48. The zero-order chi connectivity index (χ0) is 18.6. The van der Waals surface area contributed by atoms with E-state index >= 15 is 0 Å². The number of hydrogen-bond acceptors (Lipinski definition) is 5. The highest BCUT2D eigenvalue weighted by Gasteiger charge is 2.29. The Morgan fingerprint density at radius 1 is 1.23 bits per heavy atom. The minimum Gasteiger partial charge on any atom is -0.495 e. The summed E-state index contributed by atoms with van der Waals surface area (Å²) in [7, 11) is -2.25. The molecule has 26 heavy (non-hydrogen) atoms. The van der Waals surface area contributed by atoms with Gasteiger partial charge in [0.25, 0.3) is 5.91 Å². The first-order valence-corrected chi connectivity index (χ1v) is 10.6. The molecular formula is C18H27N3O4S. The number of hydrogen-bond donors (Lipinski definition) is 2. The van der Waals surface area contributed by atoms with Gasteiger partial charge in [0.15, 0.2) is 0 Å². The number of methoxy groups -OCH3 is 1. The highest BCUT2D eigenvalue weighted by atomic mass is 32.2. The van der Waals surface area contributed by atoms with Gasteiger partial charge in [0.2, 0.25) is 10.0 Å². The first-order chi connectivity index (χ1) is 12.5. The smallest absolute Gasteiger partial charge is 0.251 e. The Hall–Kier alpha value is -1.64. The molecule has 2 saturated heterocycles. The average molecular weight is 381 g/mol. The second kappa shape index (κ2) is 8.37. The molecule has 144 valence electrons. The summed E-state index contributed by atoms with van der Waals surface area (Å²) in [6, 6.07) is 4.60. The van der Waals surface area contributed by atoms with E-state index in [1.54, 1.807) is 12.1 Å². The van der Waals surface area contributed by atoms with Gasteiger partial charge in [-0.2, -0.15) is 4.31 Å². The van der Waals surface area contributed by atoms with Crippen molar-refractivity contribution in [3.8, 4) is 5.75 Å². The summed E-state index contributed by atoms with van der Waals surface area (Å²) in [5, 5.41) is 6.04. The van der Waals surface area contributed by atoms with Crippen LogP contribution in [0.1, 0.15) is 36.0 Å². The van der Waals surface area contributed by atoms with Crippen LogP contribution >= 0.6 is 0 Å². The van der Waals surface area contributed by atoms with Crippen LogP contribution in [-0.4, -0.2) is 58.5 Å². The Morgan fingerprint density at radius 2 is 1.92 bits per heavy atom. The lowest BCUT2D eigenvalue weighted by molar-refractivity contribution is 0.0942. The number of carbonyl (C=O) groups excluding carboxylic acids is 1. The van der Waals surface area contributed by atoms with E-state index < -0.39 is 10.0 Å². The molecule has 0 aliphatic carbocycles. The van der Waals surface area contributed by atoms with Gasteiger partial charge in [0.1, 0.15) is 10.6 Å². The van der Waals surface area contributed by atoms with Crippen LogP contribution in [0.3, 0.4) is 0 Å². The van der Waals surface area contributed by atoms with E-state index in [1.165, 1.54) is 17.5 Å². The number of sulfonamides is 1. The van der Waals surface area contributed by atoms with E-state index in [4.69, 9.17) is 4.74 Å². The quantitative estimate of drug-likeness (QED) is 0.773. The van der Waals surface area contributed by atoms with Gasteiger partial charge in [-0.15, -0.1) is 0 Å². The molecule has 2 fully saturated rings. The lowest BCUT2D eigenvalue weighted by atomic mass is 10.0. The zero-order valence-electron chi connectivity index (χ0n) is 15.2. The summed E-state index contributed by atoms with van der Waals surface area (Å²) in [4.78, 5) is 12.5. The normalized spacial score (nSPS) is 19.4. The van der Waals surface area contributed by atoms with Crippen LogP contribution in [0, 0.1) is 5.92 Å².